The maximum Gasteiger partial charge on any atom is 0.254 e. The number of nitrogens with one attached hydrogen (secondary N) is 1. The van der Waals surface area contributed by atoms with Gasteiger partial charge >= 0.3 is 0 Å². The zero-order chi connectivity index (χ0) is 24.0. The monoisotopic (exact) mass is 471 g/mol. The molecule has 0 aliphatic rings. The van der Waals surface area contributed by atoms with E-state index in [2.05, 4.69) is 10.5 Å². The number of aromatic nitrogens is 1. The maximum atomic E-state index is 14.9. The van der Waals surface area contributed by atoms with Gasteiger partial charge in [0.05, 0.1) is 17.9 Å². The molecule has 1 unspecified atom stereocenters. The predicted octanol–water partition coefficient (Wildman–Crippen LogP) is 3.30. The molecule has 0 radical (unpaired) electrons. The number of aryl methyl sites for hydroxylation is 1. The largest absolute Gasteiger partial charge is 0.411 e. The van der Waals surface area contributed by atoms with Gasteiger partial charge in [-0.05, 0) is 35.4 Å². The molecule has 0 saturated carbocycles. The number of benzene rings is 2. The van der Waals surface area contributed by atoms with E-state index in [-0.39, 0.29) is 36.4 Å². The van der Waals surface area contributed by atoms with Crippen LogP contribution in [-0.2, 0) is 7.05 Å². The third kappa shape index (κ3) is 5.66. The summed E-state index contributed by atoms with van der Waals surface area (Å²) in [7, 11) is 1.59. The quantitative estimate of drug-likeness (QED) is 0.266. The Morgan fingerprint density at radius 1 is 1.21 bits per heavy atom. The maximum absolute atomic E-state index is 14.9. The minimum atomic E-state index is -0.732. The first-order valence-electron chi connectivity index (χ1n) is 10.2. The molecule has 1 heterocycles. The number of nitrogens with zero attached hydrogens (tertiary/aromatic N) is 2. The van der Waals surface area contributed by atoms with Gasteiger partial charge in [-0.15, -0.1) is 0 Å². The number of rotatable bonds is 8. The summed E-state index contributed by atoms with van der Waals surface area (Å²) in [6.07, 6.45) is 1.70. The van der Waals surface area contributed by atoms with Crippen LogP contribution in [0.2, 0.25) is 5.02 Å². The number of pyridine rings is 1. The number of carbonyl (C=O) groups is 1. The molecule has 0 saturated heterocycles. The molecule has 9 heteroatoms. The van der Waals surface area contributed by atoms with Gasteiger partial charge in [-0.2, -0.15) is 0 Å². The van der Waals surface area contributed by atoms with Crippen LogP contribution in [0.5, 0.6) is 0 Å². The van der Waals surface area contributed by atoms with Crippen LogP contribution in [0.15, 0.2) is 70.7 Å². The summed E-state index contributed by atoms with van der Waals surface area (Å²) in [6.45, 7) is -0.243. The number of halogens is 2. The molecule has 7 nitrogen and oxygen atoms in total. The van der Waals surface area contributed by atoms with Gasteiger partial charge in [-0.3, -0.25) is 9.59 Å². The fourth-order valence-electron chi connectivity index (χ4n) is 3.54. The zero-order valence-electron chi connectivity index (χ0n) is 17.8. The van der Waals surface area contributed by atoms with Crippen LogP contribution in [0.3, 0.4) is 0 Å². The lowest BCUT2D eigenvalue weighted by molar-refractivity contribution is 0.0940. The Bertz CT molecular complexity index is 1240. The first-order valence-corrected chi connectivity index (χ1v) is 10.5. The lowest BCUT2D eigenvalue weighted by Gasteiger charge is -2.21. The van der Waals surface area contributed by atoms with Crippen molar-refractivity contribution >= 4 is 23.2 Å². The summed E-state index contributed by atoms with van der Waals surface area (Å²) >= 11 is 6.44. The van der Waals surface area contributed by atoms with Crippen LogP contribution in [0.25, 0.3) is 0 Å². The summed E-state index contributed by atoms with van der Waals surface area (Å²) in [6, 6.07) is 14.2. The Morgan fingerprint density at radius 2 is 1.97 bits per heavy atom. The molecule has 0 aliphatic carbocycles. The van der Waals surface area contributed by atoms with Gasteiger partial charge in [-0.25, -0.2) is 4.39 Å². The molecular formula is C24H23ClFN3O4. The Morgan fingerprint density at radius 3 is 2.61 bits per heavy atom. The SMILES string of the molecule is Cn1cc(C(CC(c2ccc(C(=O)NCCO)c(F)c2)c2ccccc2Cl)=NO)ccc1=O. The van der Waals surface area contributed by atoms with Gasteiger partial charge in [0.2, 0.25) is 5.56 Å². The molecule has 33 heavy (non-hydrogen) atoms. The Hall–Kier alpha value is -3.49. The Balaban J connectivity index is 2.03. The standard InChI is InChI=1S/C24H23ClFN3O4/c1-29-14-16(7-9-23(29)31)22(28-33)13-19(17-4-2-3-5-20(17)25)15-6-8-18(21(26)12-15)24(32)27-10-11-30/h2-9,12,14,19,30,33H,10-11,13H2,1H3,(H,27,32). The van der Waals surface area contributed by atoms with E-state index in [1.54, 1.807) is 49.6 Å². The van der Waals surface area contributed by atoms with Gasteiger partial charge in [0.1, 0.15) is 5.82 Å². The van der Waals surface area contributed by atoms with E-state index in [0.717, 1.165) is 0 Å². The molecule has 3 N–H and O–H groups in total. The molecule has 3 rings (SSSR count). The smallest absolute Gasteiger partial charge is 0.254 e. The van der Waals surface area contributed by atoms with E-state index in [1.807, 2.05) is 0 Å². The highest BCUT2D eigenvalue weighted by Gasteiger charge is 2.23. The van der Waals surface area contributed by atoms with Crippen molar-refractivity contribution in [1.82, 2.24) is 9.88 Å². The van der Waals surface area contributed by atoms with E-state index >= 15 is 0 Å². The van der Waals surface area contributed by atoms with E-state index in [1.165, 1.54) is 22.8 Å². The lowest BCUT2D eigenvalue weighted by Crippen LogP contribution is -2.27. The van der Waals surface area contributed by atoms with Gasteiger partial charge in [0, 0.05) is 48.8 Å². The van der Waals surface area contributed by atoms with Crippen molar-refractivity contribution in [3.63, 3.8) is 0 Å². The van der Waals surface area contributed by atoms with E-state index in [4.69, 9.17) is 16.7 Å². The number of hydrogen-bond donors (Lipinski definition) is 3. The topological polar surface area (TPSA) is 104 Å². The van der Waals surface area contributed by atoms with Gasteiger partial charge in [0.15, 0.2) is 0 Å². The van der Waals surface area contributed by atoms with Crippen LogP contribution in [0, 0.1) is 5.82 Å². The third-order valence-electron chi connectivity index (χ3n) is 5.26. The predicted molar refractivity (Wildman–Crippen MR) is 124 cm³/mol. The number of hydrogen-bond acceptors (Lipinski definition) is 5. The second-order valence-electron chi connectivity index (χ2n) is 7.41. The molecule has 1 amide bonds. The minimum absolute atomic E-state index is 0.0121. The van der Waals surface area contributed by atoms with Crippen LogP contribution in [0.1, 0.15) is 39.4 Å². The fraction of sp³-hybridized carbons (Fsp3) is 0.208. The minimum Gasteiger partial charge on any atom is -0.411 e. The summed E-state index contributed by atoms with van der Waals surface area (Å²) in [4.78, 5) is 23.9. The molecular weight excluding hydrogens is 449 g/mol. The second kappa shape index (κ2) is 10.9. The molecule has 1 aromatic heterocycles. The molecule has 1 atom stereocenters. The number of oxime groups is 1. The Labute approximate surface area is 194 Å². The first-order chi connectivity index (χ1) is 15.8. The van der Waals surface area contributed by atoms with Crippen molar-refractivity contribution in [3.05, 3.63) is 104 Å². The third-order valence-corrected chi connectivity index (χ3v) is 5.60. The highest BCUT2D eigenvalue weighted by atomic mass is 35.5. The molecule has 0 spiro atoms. The second-order valence-corrected chi connectivity index (χ2v) is 7.82. The van der Waals surface area contributed by atoms with E-state index < -0.39 is 17.6 Å². The van der Waals surface area contributed by atoms with Gasteiger partial charge in [0.25, 0.3) is 5.91 Å². The van der Waals surface area contributed by atoms with Gasteiger partial charge < -0.3 is 20.2 Å². The number of amides is 1. The normalized spacial score (nSPS) is 12.4. The molecule has 0 bridgehead atoms. The van der Waals surface area contributed by atoms with Crippen LogP contribution >= 0.6 is 11.6 Å². The molecule has 0 aliphatic heterocycles. The van der Waals surface area contributed by atoms with Crippen LogP contribution < -0.4 is 10.9 Å². The molecule has 3 aromatic rings. The van der Waals surface area contributed by atoms with Gasteiger partial charge in [-0.1, -0.05) is 41.0 Å². The number of carbonyl (C=O) groups excluding carboxylic acids is 1. The van der Waals surface area contributed by atoms with Crippen molar-refractivity contribution in [2.75, 3.05) is 13.2 Å². The van der Waals surface area contributed by atoms with E-state index in [9.17, 15) is 19.2 Å². The summed E-state index contributed by atoms with van der Waals surface area (Å²) in [5.74, 6) is -1.87. The van der Waals surface area contributed by atoms with Crippen molar-refractivity contribution < 1.29 is 19.5 Å². The average molecular weight is 472 g/mol. The average Bonchev–Trinajstić information content (AvgIpc) is 2.81. The van der Waals surface area contributed by atoms with Crippen molar-refractivity contribution in [3.8, 4) is 0 Å². The highest BCUT2D eigenvalue weighted by Crippen LogP contribution is 2.34. The summed E-state index contributed by atoms with van der Waals surface area (Å²) < 4.78 is 16.2. The molecule has 172 valence electrons. The van der Waals surface area contributed by atoms with Crippen molar-refractivity contribution in [2.24, 2.45) is 12.2 Å². The zero-order valence-corrected chi connectivity index (χ0v) is 18.6. The van der Waals surface area contributed by atoms with Crippen LogP contribution in [0.4, 0.5) is 4.39 Å². The Kier molecular flexibility index (Phi) is 7.97. The van der Waals surface area contributed by atoms with E-state index in [0.29, 0.717) is 21.7 Å². The fourth-order valence-corrected chi connectivity index (χ4v) is 3.80. The number of aliphatic hydroxyl groups excluding tert-OH is 1. The van der Waals surface area contributed by atoms with Crippen LogP contribution in [-0.4, -0.2) is 39.7 Å². The van der Waals surface area contributed by atoms with Crippen molar-refractivity contribution in [2.45, 2.75) is 12.3 Å². The number of aliphatic hydroxyl groups is 1. The highest BCUT2D eigenvalue weighted by molar-refractivity contribution is 6.31. The molecule has 0 fully saturated rings. The molecule has 2 aromatic carbocycles. The van der Waals surface area contributed by atoms with Crippen molar-refractivity contribution in [1.29, 1.82) is 0 Å². The first kappa shape index (κ1) is 24.2. The summed E-state index contributed by atoms with van der Waals surface area (Å²) in [5.41, 5.74) is 1.64. The summed E-state index contributed by atoms with van der Waals surface area (Å²) in [5, 5.41) is 24.9. The lowest BCUT2D eigenvalue weighted by atomic mass is 9.85.